The molecule has 0 radical (unpaired) electrons. The fourth-order valence-electron chi connectivity index (χ4n) is 3.21. The first kappa shape index (κ1) is 20.0. The van der Waals surface area contributed by atoms with Gasteiger partial charge in [0, 0.05) is 11.3 Å². The number of carbonyl (C=O) groups is 2. The standard InChI is InChI=1S/C24H20N4O3/c1-16-6-10-18(11-7-16)26-22(30)15-28-21-5-3-2-4-20(21)23(24(28)31)27-25-14-17-8-12-19(29)13-9-17/h2-14,29H,15H2,1H3,(H,26,30)/b25-14+,27-23+. The van der Waals surface area contributed by atoms with Crippen molar-refractivity contribution in [1.29, 1.82) is 0 Å². The van der Waals surface area contributed by atoms with Gasteiger partial charge in [0.25, 0.3) is 5.91 Å². The van der Waals surface area contributed by atoms with Gasteiger partial charge >= 0.3 is 0 Å². The van der Waals surface area contributed by atoms with E-state index in [1.54, 1.807) is 48.5 Å². The summed E-state index contributed by atoms with van der Waals surface area (Å²) in [4.78, 5) is 26.9. The third kappa shape index (κ3) is 4.51. The van der Waals surface area contributed by atoms with Crippen molar-refractivity contribution >= 4 is 35.1 Å². The first-order chi connectivity index (χ1) is 15.0. The number of anilines is 2. The molecule has 0 saturated carbocycles. The lowest BCUT2D eigenvalue weighted by atomic mass is 10.1. The Morgan fingerprint density at radius 2 is 1.74 bits per heavy atom. The highest BCUT2D eigenvalue weighted by Gasteiger charge is 2.35. The second-order valence-corrected chi connectivity index (χ2v) is 7.11. The third-order valence-corrected chi connectivity index (χ3v) is 4.79. The molecule has 1 aliphatic rings. The second kappa shape index (κ2) is 8.62. The Labute approximate surface area is 179 Å². The summed E-state index contributed by atoms with van der Waals surface area (Å²) >= 11 is 0. The van der Waals surface area contributed by atoms with Gasteiger partial charge in [-0.3, -0.25) is 14.5 Å². The van der Waals surface area contributed by atoms with E-state index in [-0.39, 0.29) is 29.8 Å². The van der Waals surface area contributed by atoms with Crippen LogP contribution >= 0.6 is 0 Å². The molecule has 0 unspecified atom stereocenters. The van der Waals surface area contributed by atoms with E-state index in [2.05, 4.69) is 15.5 Å². The minimum absolute atomic E-state index is 0.135. The Hall–Kier alpha value is -4.26. The summed E-state index contributed by atoms with van der Waals surface area (Å²) in [6.07, 6.45) is 1.50. The Morgan fingerprint density at radius 1 is 1.03 bits per heavy atom. The van der Waals surface area contributed by atoms with Crippen molar-refractivity contribution in [2.45, 2.75) is 6.92 Å². The van der Waals surface area contributed by atoms with Crippen molar-refractivity contribution in [3.05, 3.63) is 89.5 Å². The lowest BCUT2D eigenvalue weighted by molar-refractivity contribution is -0.118. The van der Waals surface area contributed by atoms with E-state index in [0.717, 1.165) is 11.1 Å². The maximum absolute atomic E-state index is 13.0. The zero-order valence-corrected chi connectivity index (χ0v) is 16.8. The monoisotopic (exact) mass is 412 g/mol. The normalized spacial score (nSPS) is 14.3. The molecule has 4 rings (SSSR count). The van der Waals surface area contributed by atoms with E-state index in [0.29, 0.717) is 16.9 Å². The fourth-order valence-corrected chi connectivity index (χ4v) is 3.21. The molecule has 1 heterocycles. The van der Waals surface area contributed by atoms with Gasteiger partial charge in [-0.15, -0.1) is 5.10 Å². The zero-order valence-electron chi connectivity index (χ0n) is 16.8. The molecule has 3 aromatic rings. The van der Waals surface area contributed by atoms with Gasteiger partial charge in [-0.1, -0.05) is 35.9 Å². The molecule has 3 aromatic carbocycles. The average molecular weight is 412 g/mol. The smallest absolute Gasteiger partial charge is 0.279 e. The number of hydrogen-bond acceptors (Lipinski definition) is 5. The van der Waals surface area contributed by atoms with Crippen LogP contribution in [-0.2, 0) is 9.59 Å². The number of fused-ring (bicyclic) bond motifs is 1. The van der Waals surface area contributed by atoms with E-state index in [1.165, 1.54) is 11.1 Å². The Morgan fingerprint density at radius 3 is 2.48 bits per heavy atom. The Kier molecular flexibility index (Phi) is 5.57. The molecule has 0 bridgehead atoms. The van der Waals surface area contributed by atoms with Gasteiger partial charge < -0.3 is 10.4 Å². The first-order valence-corrected chi connectivity index (χ1v) is 9.69. The average Bonchev–Trinajstić information content (AvgIpc) is 3.03. The molecule has 0 aliphatic carbocycles. The van der Waals surface area contributed by atoms with Crippen molar-refractivity contribution in [1.82, 2.24) is 0 Å². The number of rotatable bonds is 5. The minimum Gasteiger partial charge on any atom is -0.508 e. The van der Waals surface area contributed by atoms with Crippen LogP contribution in [0.3, 0.4) is 0 Å². The summed E-state index contributed by atoms with van der Waals surface area (Å²) < 4.78 is 0. The number of amides is 2. The van der Waals surface area contributed by atoms with Crippen LogP contribution in [0.15, 0.2) is 83.0 Å². The van der Waals surface area contributed by atoms with Crippen LogP contribution in [0.2, 0.25) is 0 Å². The maximum atomic E-state index is 13.0. The summed E-state index contributed by atoms with van der Waals surface area (Å²) in [7, 11) is 0. The van der Waals surface area contributed by atoms with Crippen molar-refractivity contribution in [3.63, 3.8) is 0 Å². The van der Waals surface area contributed by atoms with Crippen molar-refractivity contribution < 1.29 is 14.7 Å². The largest absolute Gasteiger partial charge is 0.508 e. The molecule has 1 aliphatic heterocycles. The molecule has 0 aromatic heterocycles. The van der Waals surface area contributed by atoms with E-state index < -0.39 is 0 Å². The summed E-state index contributed by atoms with van der Waals surface area (Å²) in [6.45, 7) is 1.83. The van der Waals surface area contributed by atoms with Gasteiger partial charge in [0.15, 0.2) is 5.71 Å². The number of nitrogens with one attached hydrogen (secondary N) is 1. The molecule has 2 N–H and O–H groups in total. The molecule has 0 saturated heterocycles. The number of phenols is 1. The summed E-state index contributed by atoms with van der Waals surface area (Å²) in [5, 5.41) is 20.3. The lowest BCUT2D eigenvalue weighted by Gasteiger charge is -2.16. The van der Waals surface area contributed by atoms with Crippen LogP contribution in [0.25, 0.3) is 0 Å². The van der Waals surface area contributed by atoms with Gasteiger partial charge in [-0.05, 0) is 55.0 Å². The molecular formula is C24H20N4O3. The van der Waals surface area contributed by atoms with Gasteiger partial charge in [0.1, 0.15) is 12.3 Å². The van der Waals surface area contributed by atoms with Gasteiger partial charge in [0.05, 0.1) is 11.9 Å². The topological polar surface area (TPSA) is 94.4 Å². The van der Waals surface area contributed by atoms with Gasteiger partial charge in [-0.25, -0.2) is 0 Å². The minimum atomic E-state index is -0.386. The predicted molar refractivity (Wildman–Crippen MR) is 121 cm³/mol. The quantitative estimate of drug-likeness (QED) is 0.496. The molecule has 31 heavy (non-hydrogen) atoms. The molecule has 0 spiro atoms. The SMILES string of the molecule is Cc1ccc(NC(=O)CN2C(=O)/C(=N/N=C/c3ccc(O)cc3)c3ccccc32)cc1. The highest BCUT2D eigenvalue weighted by molar-refractivity contribution is 6.54. The number of aromatic hydroxyl groups is 1. The van der Waals surface area contributed by atoms with E-state index in [9.17, 15) is 14.7 Å². The fraction of sp³-hybridized carbons (Fsp3) is 0.0833. The molecule has 0 fully saturated rings. The van der Waals surface area contributed by atoms with Gasteiger partial charge in [0.2, 0.25) is 5.91 Å². The Balaban J connectivity index is 1.53. The van der Waals surface area contributed by atoms with Crippen LogP contribution in [0, 0.1) is 6.92 Å². The van der Waals surface area contributed by atoms with E-state index in [4.69, 9.17) is 0 Å². The van der Waals surface area contributed by atoms with E-state index >= 15 is 0 Å². The third-order valence-electron chi connectivity index (χ3n) is 4.79. The van der Waals surface area contributed by atoms with Crippen LogP contribution in [-0.4, -0.2) is 35.4 Å². The highest BCUT2D eigenvalue weighted by atomic mass is 16.3. The number of para-hydroxylation sites is 1. The second-order valence-electron chi connectivity index (χ2n) is 7.11. The van der Waals surface area contributed by atoms with Crippen LogP contribution in [0.4, 0.5) is 11.4 Å². The molecule has 7 heteroatoms. The number of aryl methyl sites for hydroxylation is 1. The van der Waals surface area contributed by atoms with Crippen LogP contribution in [0.5, 0.6) is 5.75 Å². The molecule has 154 valence electrons. The molecule has 7 nitrogen and oxygen atoms in total. The zero-order chi connectivity index (χ0) is 21.8. The molecule has 2 amide bonds. The lowest BCUT2D eigenvalue weighted by Crippen LogP contribution is -2.37. The highest BCUT2D eigenvalue weighted by Crippen LogP contribution is 2.29. The summed E-state index contributed by atoms with van der Waals surface area (Å²) in [6, 6.07) is 21.1. The predicted octanol–water partition coefficient (Wildman–Crippen LogP) is 3.51. The number of nitrogens with zero attached hydrogens (tertiary/aromatic N) is 3. The summed E-state index contributed by atoms with van der Waals surface area (Å²) in [5.41, 5.74) is 3.91. The van der Waals surface area contributed by atoms with Crippen molar-refractivity contribution in [3.8, 4) is 5.75 Å². The number of hydrogen-bond donors (Lipinski definition) is 2. The van der Waals surface area contributed by atoms with Crippen molar-refractivity contribution in [2.24, 2.45) is 10.2 Å². The summed E-state index contributed by atoms with van der Waals surface area (Å²) in [5.74, 6) is -0.535. The molecule has 0 atom stereocenters. The number of phenolic OH excluding ortho intramolecular Hbond substituents is 1. The van der Waals surface area contributed by atoms with Crippen molar-refractivity contribution in [2.75, 3.05) is 16.8 Å². The van der Waals surface area contributed by atoms with Crippen LogP contribution < -0.4 is 10.2 Å². The van der Waals surface area contributed by atoms with Crippen LogP contribution in [0.1, 0.15) is 16.7 Å². The Bertz CT molecular complexity index is 1180. The first-order valence-electron chi connectivity index (χ1n) is 9.69. The number of carbonyl (C=O) groups excluding carboxylic acids is 2. The molecular weight excluding hydrogens is 392 g/mol. The van der Waals surface area contributed by atoms with E-state index in [1.807, 2.05) is 31.2 Å². The number of benzene rings is 3. The maximum Gasteiger partial charge on any atom is 0.279 e. The van der Waals surface area contributed by atoms with Gasteiger partial charge in [-0.2, -0.15) is 5.10 Å².